The molecule has 11 rings (SSSR count). The van der Waals surface area contributed by atoms with Gasteiger partial charge in [-0.25, -0.2) is 9.97 Å². The Morgan fingerprint density at radius 2 is 0.907 bits per heavy atom. The summed E-state index contributed by atoms with van der Waals surface area (Å²) in [5.74, 6) is 0. The first-order chi connectivity index (χ1) is 26.7. The van der Waals surface area contributed by atoms with E-state index in [9.17, 15) is 4.79 Å². The fraction of sp³-hybridized carbons (Fsp3) is 0. The highest BCUT2D eigenvalue weighted by Gasteiger charge is 2.19. The second kappa shape index (κ2) is 11.8. The van der Waals surface area contributed by atoms with Crippen LogP contribution in [-0.4, -0.2) is 19.9 Å². The van der Waals surface area contributed by atoms with Crippen molar-refractivity contribution in [2.75, 3.05) is 0 Å². The van der Waals surface area contributed by atoms with Crippen LogP contribution in [0.4, 0.5) is 0 Å². The molecule has 10 aromatic rings. The van der Waals surface area contributed by atoms with Crippen molar-refractivity contribution in [2.24, 2.45) is 0 Å². The van der Waals surface area contributed by atoms with Gasteiger partial charge < -0.3 is 9.97 Å². The van der Waals surface area contributed by atoms with E-state index in [0.717, 1.165) is 93.9 Å². The van der Waals surface area contributed by atoms with Gasteiger partial charge in [0.1, 0.15) is 0 Å². The van der Waals surface area contributed by atoms with E-state index < -0.39 is 0 Å². The molecule has 0 unspecified atom stereocenters. The zero-order valence-electron chi connectivity index (χ0n) is 29.0. The van der Waals surface area contributed by atoms with Gasteiger partial charge in [0, 0.05) is 54.9 Å². The Labute approximate surface area is 309 Å². The van der Waals surface area contributed by atoms with Crippen molar-refractivity contribution < 1.29 is 0 Å². The normalized spacial score (nSPS) is 12.1. The summed E-state index contributed by atoms with van der Waals surface area (Å²) >= 11 is 0. The van der Waals surface area contributed by atoms with E-state index in [0.29, 0.717) is 16.3 Å². The highest BCUT2D eigenvalue weighted by molar-refractivity contribution is 6.26. The van der Waals surface area contributed by atoms with Crippen LogP contribution < -0.4 is 5.43 Å². The summed E-state index contributed by atoms with van der Waals surface area (Å²) in [5, 5.41) is 5.06. The molecule has 0 spiro atoms. The minimum atomic E-state index is -0.0366. The number of rotatable bonds is 3. The Morgan fingerprint density at radius 1 is 0.407 bits per heavy atom. The summed E-state index contributed by atoms with van der Waals surface area (Å²) in [4.78, 5) is 33.2. The van der Waals surface area contributed by atoms with E-state index >= 15 is 0 Å². The van der Waals surface area contributed by atoms with Gasteiger partial charge in [-0.05, 0) is 69.9 Å². The van der Waals surface area contributed by atoms with Crippen molar-refractivity contribution in [1.82, 2.24) is 19.9 Å². The zero-order valence-corrected chi connectivity index (χ0v) is 29.0. The molecule has 0 saturated heterocycles. The summed E-state index contributed by atoms with van der Waals surface area (Å²) in [5.41, 5.74) is 12.7. The van der Waals surface area contributed by atoms with E-state index in [4.69, 9.17) is 9.97 Å². The predicted octanol–water partition coefficient (Wildman–Crippen LogP) is 12.0. The van der Waals surface area contributed by atoms with Gasteiger partial charge in [-0.1, -0.05) is 127 Å². The monoisotopic (exact) mass is 690 g/mol. The van der Waals surface area contributed by atoms with Crippen LogP contribution in [0.1, 0.15) is 11.4 Å². The lowest BCUT2D eigenvalue weighted by atomic mass is 10.0. The quantitative estimate of drug-likeness (QED) is 0.194. The molecule has 0 radical (unpaired) electrons. The molecule has 252 valence electrons. The van der Waals surface area contributed by atoms with Crippen LogP contribution in [0.25, 0.3) is 111 Å². The molecule has 2 N–H and O–H groups in total. The number of hydrogen-bond acceptors (Lipinski definition) is 3. The van der Waals surface area contributed by atoms with Crippen LogP contribution >= 0.6 is 0 Å². The third-order valence-corrected chi connectivity index (χ3v) is 10.7. The van der Waals surface area contributed by atoms with Gasteiger partial charge in [0.25, 0.3) is 0 Å². The molecule has 0 atom stereocenters. The summed E-state index contributed by atoms with van der Waals surface area (Å²) in [6, 6.07) is 53.8. The molecule has 8 bridgehead atoms. The molecule has 5 nitrogen and oxygen atoms in total. The lowest BCUT2D eigenvalue weighted by Crippen LogP contribution is -1.96. The zero-order chi connectivity index (χ0) is 35.8. The van der Waals surface area contributed by atoms with Gasteiger partial charge in [-0.3, -0.25) is 4.79 Å². The average molecular weight is 691 g/mol. The molecule has 0 saturated carbocycles. The lowest BCUT2D eigenvalue weighted by Gasteiger charge is -2.06. The van der Waals surface area contributed by atoms with Crippen LogP contribution in [-0.2, 0) is 0 Å². The number of aromatic nitrogens is 4. The predicted molar refractivity (Wildman–Crippen MR) is 225 cm³/mol. The van der Waals surface area contributed by atoms with E-state index in [1.54, 1.807) is 0 Å². The highest BCUT2D eigenvalue weighted by Crippen LogP contribution is 2.39. The largest absolute Gasteiger partial charge is 0.354 e. The van der Waals surface area contributed by atoms with Gasteiger partial charge >= 0.3 is 0 Å². The molecule has 0 amide bonds. The SMILES string of the molecule is O=c1c2cc3nc2c(c2ccc([nH]2)c(-c2ccccc2)c2nc(c(-c4ccccc4)c4ccc([nH]4)c3-c3ccccc3)C=C2)c2cccc3cccc1c32. The Balaban J connectivity index is 1.43. The smallest absolute Gasteiger partial charge is 0.195 e. The van der Waals surface area contributed by atoms with E-state index in [2.05, 4.69) is 131 Å². The van der Waals surface area contributed by atoms with E-state index in [-0.39, 0.29) is 5.43 Å². The molecular weight excluding hydrogens is 661 g/mol. The molecule has 1 aliphatic heterocycles. The fourth-order valence-corrected chi connectivity index (χ4v) is 8.35. The van der Waals surface area contributed by atoms with Crippen LogP contribution in [0.5, 0.6) is 0 Å². The third-order valence-electron chi connectivity index (χ3n) is 10.7. The first-order valence-electron chi connectivity index (χ1n) is 18.1. The van der Waals surface area contributed by atoms with E-state index in [1.165, 1.54) is 0 Å². The van der Waals surface area contributed by atoms with Gasteiger partial charge in [0.05, 0.1) is 27.8 Å². The van der Waals surface area contributed by atoms with Crippen LogP contribution in [0.15, 0.2) is 163 Å². The van der Waals surface area contributed by atoms with Crippen molar-refractivity contribution in [2.45, 2.75) is 0 Å². The molecule has 0 aliphatic carbocycles. The van der Waals surface area contributed by atoms with Crippen LogP contribution in [0.3, 0.4) is 0 Å². The molecule has 6 aromatic carbocycles. The maximum absolute atomic E-state index is 14.8. The van der Waals surface area contributed by atoms with Crippen molar-refractivity contribution in [3.63, 3.8) is 0 Å². The van der Waals surface area contributed by atoms with Crippen molar-refractivity contribution >= 4 is 77.6 Å². The Kier molecular flexibility index (Phi) is 6.64. The molecule has 5 heteroatoms. The van der Waals surface area contributed by atoms with Gasteiger partial charge in [-0.2, -0.15) is 0 Å². The number of aromatic amines is 2. The maximum Gasteiger partial charge on any atom is 0.195 e. The fourth-order valence-electron chi connectivity index (χ4n) is 8.35. The van der Waals surface area contributed by atoms with E-state index in [1.807, 2.05) is 48.5 Å². The molecule has 4 aromatic heterocycles. The molecule has 1 aliphatic rings. The first kappa shape index (κ1) is 30.3. The van der Waals surface area contributed by atoms with Crippen molar-refractivity contribution in [1.29, 1.82) is 0 Å². The first-order valence-corrected chi connectivity index (χ1v) is 18.1. The van der Waals surface area contributed by atoms with Crippen molar-refractivity contribution in [3.8, 4) is 33.4 Å². The number of fused-ring (bicyclic) bond motifs is 9. The highest BCUT2D eigenvalue weighted by atomic mass is 16.1. The minimum Gasteiger partial charge on any atom is -0.354 e. The van der Waals surface area contributed by atoms with Gasteiger partial charge in [0.15, 0.2) is 5.43 Å². The summed E-state index contributed by atoms with van der Waals surface area (Å²) in [6.45, 7) is 0. The number of nitrogens with one attached hydrogen (secondary N) is 2. The summed E-state index contributed by atoms with van der Waals surface area (Å²) in [6.07, 6.45) is 4.23. The number of hydrogen-bond donors (Lipinski definition) is 2. The standard InChI is InChI=1S/C49H30N4O/c54-49-34-21-11-19-29-18-10-20-33(43(29)34)47-41-27-26-39(52-41)45(31-14-6-2-7-15-31)37-23-22-36(50-37)44(30-12-4-1-5-13-30)38-24-25-40(51-38)46(32-16-8-3-9-17-32)42-28-35(49)48(47)53-42/h1-28,51-52H. The topological polar surface area (TPSA) is 74.4 Å². The number of nitrogens with zero attached hydrogens (tertiary/aromatic N) is 2. The third kappa shape index (κ3) is 4.62. The maximum atomic E-state index is 14.8. The second-order valence-corrected chi connectivity index (χ2v) is 13.8. The summed E-state index contributed by atoms with van der Waals surface area (Å²) in [7, 11) is 0. The number of benzene rings is 5. The van der Waals surface area contributed by atoms with Gasteiger partial charge in [0.2, 0.25) is 0 Å². The molecular formula is C49H30N4O. The number of H-pyrrole nitrogens is 2. The summed E-state index contributed by atoms with van der Waals surface area (Å²) < 4.78 is 0. The lowest BCUT2D eigenvalue weighted by molar-refractivity contribution is 1.32. The van der Waals surface area contributed by atoms with Crippen LogP contribution in [0, 0.1) is 0 Å². The molecule has 5 heterocycles. The molecule has 54 heavy (non-hydrogen) atoms. The second-order valence-electron chi connectivity index (χ2n) is 13.8. The van der Waals surface area contributed by atoms with Crippen LogP contribution in [0.2, 0.25) is 0 Å². The van der Waals surface area contributed by atoms with Gasteiger partial charge in [-0.15, -0.1) is 0 Å². The minimum absolute atomic E-state index is 0.0366. The Morgan fingerprint density at radius 3 is 1.50 bits per heavy atom. The Hall–Kier alpha value is -7.37. The van der Waals surface area contributed by atoms with Crippen molar-refractivity contribution in [3.05, 3.63) is 179 Å². The Bertz CT molecular complexity index is 3320. The molecule has 0 fully saturated rings. The average Bonchev–Trinajstić information content (AvgIpc) is 4.05.